The Morgan fingerprint density at radius 3 is 2.47 bits per heavy atom. The van der Waals surface area contributed by atoms with Crippen molar-refractivity contribution in [2.45, 2.75) is 89.6 Å². The summed E-state index contributed by atoms with van der Waals surface area (Å²) in [4.78, 5) is 43.1. The number of nitrogens with zero attached hydrogens (tertiary/aromatic N) is 1. The Bertz CT molecular complexity index is 1500. The minimum atomic E-state index is -1.29. The summed E-state index contributed by atoms with van der Waals surface area (Å²) in [6.45, 7) is 5.84. The molecular formula is C33H39NO9. The number of hydrogen-bond acceptors (Lipinski definition) is 10. The van der Waals surface area contributed by atoms with E-state index in [1.165, 1.54) is 0 Å². The first-order valence-corrected chi connectivity index (χ1v) is 15.5. The quantitative estimate of drug-likeness (QED) is 0.472. The van der Waals surface area contributed by atoms with Crippen LogP contribution < -0.4 is 10.4 Å². The van der Waals surface area contributed by atoms with Crippen LogP contribution in [0.2, 0.25) is 0 Å². The number of rotatable bonds is 6. The molecule has 8 atom stereocenters. The number of esters is 2. The highest BCUT2D eigenvalue weighted by Gasteiger charge is 2.70. The summed E-state index contributed by atoms with van der Waals surface area (Å²) in [5.74, 6) is -1.26. The predicted octanol–water partition coefficient (Wildman–Crippen LogP) is 3.96. The Hall–Kier alpha value is -3.24. The van der Waals surface area contributed by atoms with E-state index in [2.05, 4.69) is 11.9 Å². The fourth-order valence-electron chi connectivity index (χ4n) is 8.45. The van der Waals surface area contributed by atoms with E-state index >= 15 is 0 Å². The van der Waals surface area contributed by atoms with Crippen molar-refractivity contribution in [3.63, 3.8) is 0 Å². The van der Waals surface area contributed by atoms with Crippen molar-refractivity contribution < 1.29 is 38.4 Å². The van der Waals surface area contributed by atoms with Gasteiger partial charge in [0.1, 0.15) is 35.4 Å². The van der Waals surface area contributed by atoms with Gasteiger partial charge in [-0.25, -0.2) is 4.79 Å². The van der Waals surface area contributed by atoms with Gasteiger partial charge in [-0.05, 0) is 75.3 Å². The number of aliphatic hydroxyl groups is 2. The zero-order valence-electron chi connectivity index (χ0n) is 24.8. The largest absolute Gasteiger partial charge is 0.484 e. The molecule has 10 heteroatoms. The van der Waals surface area contributed by atoms with Gasteiger partial charge in [0.2, 0.25) is 0 Å². The molecule has 5 aliphatic rings. The maximum Gasteiger partial charge on any atom is 0.345 e. The summed E-state index contributed by atoms with van der Waals surface area (Å²) in [5.41, 5.74) is -2.85. The molecule has 10 nitrogen and oxygen atoms in total. The van der Waals surface area contributed by atoms with Gasteiger partial charge in [0, 0.05) is 35.4 Å². The fourth-order valence-corrected chi connectivity index (χ4v) is 8.45. The molecule has 2 unspecified atom stereocenters. The second kappa shape index (κ2) is 9.89. The predicted molar refractivity (Wildman–Crippen MR) is 152 cm³/mol. The van der Waals surface area contributed by atoms with Gasteiger partial charge < -0.3 is 28.8 Å². The fraction of sp³-hybridized carbons (Fsp3) is 0.636. The number of aromatic nitrogens is 1. The van der Waals surface area contributed by atoms with Crippen molar-refractivity contribution in [1.82, 2.24) is 4.98 Å². The van der Waals surface area contributed by atoms with Gasteiger partial charge in [-0.3, -0.25) is 14.6 Å². The molecule has 0 spiro atoms. The molecular weight excluding hydrogens is 554 g/mol. The lowest BCUT2D eigenvalue weighted by Crippen LogP contribution is -2.71. The summed E-state index contributed by atoms with van der Waals surface area (Å²) in [6.07, 6.45) is 4.89. The van der Waals surface area contributed by atoms with Crippen LogP contribution in [-0.2, 0) is 19.1 Å². The Labute approximate surface area is 249 Å². The summed E-state index contributed by atoms with van der Waals surface area (Å²) in [5, 5.41) is 23.8. The van der Waals surface area contributed by atoms with Crippen molar-refractivity contribution in [2.24, 2.45) is 34.5 Å². The van der Waals surface area contributed by atoms with Crippen LogP contribution in [0.5, 0.6) is 5.75 Å². The average molecular weight is 594 g/mol. The third-order valence-electron chi connectivity index (χ3n) is 11.2. The van der Waals surface area contributed by atoms with E-state index < -0.39 is 46.3 Å². The molecule has 3 heterocycles. The van der Waals surface area contributed by atoms with Gasteiger partial charge in [0.15, 0.2) is 0 Å². The van der Waals surface area contributed by atoms with E-state index in [0.29, 0.717) is 18.4 Å². The maximum absolute atomic E-state index is 13.4. The summed E-state index contributed by atoms with van der Waals surface area (Å²) in [7, 11) is 0. The van der Waals surface area contributed by atoms with Crippen LogP contribution in [0.15, 0.2) is 39.8 Å². The molecule has 0 amide bonds. The van der Waals surface area contributed by atoms with Crippen LogP contribution in [-0.4, -0.2) is 51.6 Å². The molecule has 2 N–H and O–H groups in total. The lowest BCUT2D eigenvalue weighted by Gasteiger charge is -2.66. The van der Waals surface area contributed by atoms with Crippen LogP contribution in [0.1, 0.15) is 77.4 Å². The highest BCUT2D eigenvalue weighted by Crippen LogP contribution is 2.67. The normalized spacial score (nSPS) is 38.1. The van der Waals surface area contributed by atoms with E-state index in [1.54, 1.807) is 37.5 Å². The molecule has 7 rings (SSSR count). The lowest BCUT2D eigenvalue weighted by molar-refractivity contribution is -0.267. The molecule has 4 fully saturated rings. The van der Waals surface area contributed by atoms with Crippen LogP contribution >= 0.6 is 0 Å². The van der Waals surface area contributed by atoms with Gasteiger partial charge in [0.05, 0.1) is 24.0 Å². The van der Waals surface area contributed by atoms with Crippen LogP contribution in [0.3, 0.4) is 0 Å². The molecule has 0 radical (unpaired) electrons. The lowest BCUT2D eigenvalue weighted by atomic mass is 9.42. The first kappa shape index (κ1) is 28.5. The molecule has 4 aliphatic carbocycles. The first-order chi connectivity index (χ1) is 20.5. The number of ether oxygens (including phenoxy) is 3. The molecule has 0 saturated heterocycles. The van der Waals surface area contributed by atoms with E-state index in [1.807, 2.05) is 6.92 Å². The summed E-state index contributed by atoms with van der Waals surface area (Å²) in [6, 6.07) is 5.06. The standard InChI is InChI=1S/C33H39NO9/c1-31-11-10-24(42-29(38)18-8-9-18)32(2,16-40-28(37)17-6-7-17)22(31)14-23(35)33(3)27(31)26(36)25-21(43-33)13-20(41-30(25)39)19-5-4-12-34-15-19/h4-5,12-13,15,17-18,22-24,26-27,35-36H,6-11,14,16H2,1-3H3/t22?,23-,24-,26-,27?,31-,32-,33+/m0/s1. The van der Waals surface area contributed by atoms with Crippen LogP contribution in [0, 0.1) is 34.5 Å². The molecule has 0 aromatic carbocycles. The summed E-state index contributed by atoms with van der Waals surface area (Å²) >= 11 is 0. The van der Waals surface area contributed by atoms with Crippen LogP contribution in [0.25, 0.3) is 11.3 Å². The minimum absolute atomic E-state index is 0.0216. The molecule has 43 heavy (non-hydrogen) atoms. The molecule has 2 aromatic heterocycles. The number of hydrogen-bond donors (Lipinski definition) is 2. The molecule has 0 bridgehead atoms. The first-order valence-electron chi connectivity index (χ1n) is 15.5. The Kier molecular flexibility index (Phi) is 6.56. The molecule has 230 valence electrons. The summed E-state index contributed by atoms with van der Waals surface area (Å²) < 4.78 is 24.2. The topological polar surface area (TPSA) is 145 Å². The number of carbonyl (C=O) groups is 2. The van der Waals surface area contributed by atoms with Gasteiger partial charge in [-0.2, -0.15) is 0 Å². The Morgan fingerprint density at radius 2 is 1.79 bits per heavy atom. The zero-order chi connectivity index (χ0) is 30.3. The average Bonchev–Trinajstić information content (AvgIpc) is 3.88. The zero-order valence-corrected chi connectivity index (χ0v) is 24.8. The van der Waals surface area contributed by atoms with E-state index in [0.717, 1.165) is 25.7 Å². The van der Waals surface area contributed by atoms with Crippen molar-refractivity contribution in [3.8, 4) is 17.1 Å². The molecule has 4 saturated carbocycles. The number of carbonyl (C=O) groups excluding carboxylic acids is 2. The van der Waals surface area contributed by atoms with Crippen LogP contribution in [0.4, 0.5) is 0 Å². The van der Waals surface area contributed by atoms with Gasteiger partial charge in [0.25, 0.3) is 0 Å². The van der Waals surface area contributed by atoms with Crippen molar-refractivity contribution >= 4 is 11.9 Å². The molecule has 1 aliphatic heterocycles. The Balaban J connectivity index is 1.27. The number of fused-ring (bicyclic) bond motifs is 4. The minimum Gasteiger partial charge on any atom is -0.484 e. The second-order valence-corrected chi connectivity index (χ2v) is 14.1. The van der Waals surface area contributed by atoms with Crippen molar-refractivity contribution in [3.05, 3.63) is 46.6 Å². The number of aliphatic hydroxyl groups excluding tert-OH is 2. The van der Waals surface area contributed by atoms with Crippen molar-refractivity contribution in [1.29, 1.82) is 0 Å². The highest BCUT2D eigenvalue weighted by molar-refractivity contribution is 5.75. The highest BCUT2D eigenvalue weighted by atomic mass is 16.6. The third kappa shape index (κ3) is 4.51. The monoisotopic (exact) mass is 593 g/mol. The van der Waals surface area contributed by atoms with E-state index in [4.69, 9.17) is 18.6 Å². The Morgan fingerprint density at radius 1 is 1.07 bits per heavy atom. The SMILES string of the molecule is C[C@]12CC[C@H](OC(=O)C3CC3)[C@@](C)(COC(=O)C3CC3)C1C[C@H](O)[C@@]1(C)Oc3cc(-c4cccnc4)oc(=O)c3[C@H](O)C21. The van der Waals surface area contributed by atoms with Crippen molar-refractivity contribution in [2.75, 3.05) is 6.61 Å². The smallest absolute Gasteiger partial charge is 0.345 e. The molecule has 2 aromatic rings. The van der Waals surface area contributed by atoms with Gasteiger partial charge >= 0.3 is 17.6 Å². The van der Waals surface area contributed by atoms with Gasteiger partial charge in [-0.15, -0.1) is 0 Å². The third-order valence-corrected chi connectivity index (χ3v) is 11.2. The van der Waals surface area contributed by atoms with Gasteiger partial charge in [-0.1, -0.05) is 13.8 Å². The van der Waals surface area contributed by atoms with E-state index in [-0.39, 0.29) is 59.8 Å². The van der Waals surface area contributed by atoms with E-state index in [9.17, 15) is 24.6 Å². The maximum atomic E-state index is 13.4. The number of pyridine rings is 1. The second-order valence-electron chi connectivity index (χ2n) is 14.1.